The largest absolute Gasteiger partial charge is 0.333 e. The number of carbonyl (C=O) groups excluding carboxylic acids is 6. The molecule has 4 heterocycles. The molecule has 8 amide bonds. The number of aryl methyl sites for hydroxylation is 2. The lowest BCUT2D eigenvalue weighted by Crippen LogP contribution is -2.52. The number of barbiturate groups is 2. The van der Waals surface area contributed by atoms with E-state index in [9.17, 15) is 28.8 Å². The summed E-state index contributed by atoms with van der Waals surface area (Å²) in [5.74, 6) is -2.54. The van der Waals surface area contributed by atoms with Crippen LogP contribution in [-0.2, 0) is 19.2 Å². The van der Waals surface area contributed by atoms with Crippen molar-refractivity contribution in [3.8, 4) is 20.2 Å². The molecule has 10 nitrogen and oxygen atoms in total. The molecule has 2 saturated heterocycles. The molecule has 42 heavy (non-hydrogen) atoms. The van der Waals surface area contributed by atoms with Gasteiger partial charge >= 0.3 is 12.1 Å². The minimum atomic E-state index is -0.667. The van der Waals surface area contributed by atoms with Crippen molar-refractivity contribution in [1.82, 2.24) is 19.6 Å². The molecule has 0 atom stereocenters. The van der Waals surface area contributed by atoms with Gasteiger partial charge < -0.3 is 0 Å². The number of likely N-dealkylation sites (N-methyl/N-ethyl adjacent to an activating group) is 4. The third kappa shape index (κ3) is 4.78. The fraction of sp³-hybridized carbons (Fsp3) is 0.200. The smallest absolute Gasteiger partial charge is 0.268 e. The number of imide groups is 4. The van der Waals surface area contributed by atoms with Crippen LogP contribution in [0.5, 0.6) is 0 Å². The van der Waals surface area contributed by atoms with Gasteiger partial charge in [0.05, 0.1) is 0 Å². The highest BCUT2D eigenvalue weighted by atomic mass is 32.1. The van der Waals surface area contributed by atoms with E-state index in [0.29, 0.717) is 10.4 Å². The van der Waals surface area contributed by atoms with E-state index in [2.05, 4.69) is 6.07 Å². The van der Waals surface area contributed by atoms with Crippen molar-refractivity contribution in [2.24, 2.45) is 0 Å². The molecule has 2 aliphatic rings. The van der Waals surface area contributed by atoms with Crippen LogP contribution in [0.1, 0.15) is 21.6 Å². The summed E-state index contributed by atoms with van der Waals surface area (Å²) in [6.45, 7) is 3.96. The number of hydrogen-bond donors (Lipinski definition) is 0. The summed E-state index contributed by atoms with van der Waals surface area (Å²) >= 11 is 3.05. The second-order valence-corrected chi connectivity index (χ2v) is 12.2. The second kappa shape index (κ2) is 10.6. The Balaban J connectivity index is 1.42. The molecule has 0 aliphatic carbocycles. The van der Waals surface area contributed by atoms with Gasteiger partial charge in [-0.1, -0.05) is 18.2 Å². The topological polar surface area (TPSA) is 115 Å². The zero-order chi connectivity index (χ0) is 30.6. The Bertz CT molecular complexity index is 1740. The molecular weight excluding hydrogens is 576 g/mol. The molecule has 1 aromatic carbocycles. The van der Waals surface area contributed by atoms with E-state index < -0.39 is 35.7 Å². The summed E-state index contributed by atoms with van der Waals surface area (Å²) in [5, 5.41) is 0. The van der Waals surface area contributed by atoms with Crippen molar-refractivity contribution in [1.29, 1.82) is 0 Å². The maximum Gasteiger partial charge on any atom is 0.333 e. The number of thiophene rings is 2. The van der Waals surface area contributed by atoms with Gasteiger partial charge in [0, 0.05) is 47.7 Å². The predicted octanol–water partition coefficient (Wildman–Crippen LogP) is 4.63. The minimum absolute atomic E-state index is 0.0659. The lowest BCUT2D eigenvalue weighted by Gasteiger charge is -2.28. The standard InChI is InChI=1S/C30H26N4O6S2/c1-15-11-17(13-20-25(35)31(3)29(39)32(4)26(20)36)7-9-19(15)23-12-16(2)24(42-23)22-10-8-18(41-22)14-21-27(37)33(5)30(40)34(6)28(21)38/h7-14H,1-6H3. The summed E-state index contributed by atoms with van der Waals surface area (Å²) in [7, 11) is 5.37. The van der Waals surface area contributed by atoms with E-state index in [4.69, 9.17) is 0 Å². The highest BCUT2D eigenvalue weighted by Gasteiger charge is 2.39. The number of rotatable bonds is 4. The molecule has 5 rings (SSSR count). The normalized spacial score (nSPS) is 16.3. The Labute approximate surface area is 249 Å². The average molecular weight is 603 g/mol. The summed E-state index contributed by atoms with van der Waals surface area (Å²) < 4.78 is 0. The van der Waals surface area contributed by atoms with Gasteiger partial charge in [-0.05, 0) is 66.5 Å². The Kier molecular flexibility index (Phi) is 7.29. The number of carbonyl (C=O) groups is 6. The van der Waals surface area contributed by atoms with Crippen LogP contribution in [-0.4, -0.2) is 83.5 Å². The molecule has 0 radical (unpaired) electrons. The zero-order valence-corrected chi connectivity index (χ0v) is 25.3. The maximum absolute atomic E-state index is 12.6. The van der Waals surface area contributed by atoms with Crippen LogP contribution in [0, 0.1) is 13.8 Å². The van der Waals surface area contributed by atoms with Crippen molar-refractivity contribution in [3.63, 3.8) is 0 Å². The highest BCUT2D eigenvalue weighted by molar-refractivity contribution is 7.24. The van der Waals surface area contributed by atoms with Crippen LogP contribution in [0.3, 0.4) is 0 Å². The van der Waals surface area contributed by atoms with Crippen LogP contribution < -0.4 is 0 Å². The van der Waals surface area contributed by atoms with Crippen LogP contribution in [0.15, 0.2) is 47.5 Å². The summed E-state index contributed by atoms with van der Waals surface area (Å²) in [6.07, 6.45) is 3.02. The van der Waals surface area contributed by atoms with Gasteiger partial charge in [0.2, 0.25) is 0 Å². The maximum atomic E-state index is 12.6. The third-order valence-electron chi connectivity index (χ3n) is 7.17. The van der Waals surface area contributed by atoms with Gasteiger partial charge in [-0.25, -0.2) is 9.59 Å². The van der Waals surface area contributed by atoms with Crippen LogP contribution in [0.2, 0.25) is 0 Å². The summed E-state index contributed by atoms with van der Waals surface area (Å²) in [6, 6.07) is 10.2. The van der Waals surface area contributed by atoms with Crippen molar-refractivity contribution in [3.05, 3.63) is 69.1 Å². The zero-order valence-electron chi connectivity index (χ0n) is 23.7. The second-order valence-electron chi connectivity index (χ2n) is 10.0. The van der Waals surface area contributed by atoms with Gasteiger partial charge in [-0.2, -0.15) is 0 Å². The molecular formula is C30H26N4O6S2. The van der Waals surface area contributed by atoms with Gasteiger partial charge in [-0.3, -0.25) is 38.8 Å². The van der Waals surface area contributed by atoms with Gasteiger partial charge in [-0.15, -0.1) is 22.7 Å². The van der Waals surface area contributed by atoms with E-state index in [-0.39, 0.29) is 11.1 Å². The molecule has 2 aromatic heterocycles. The summed E-state index contributed by atoms with van der Waals surface area (Å²) in [5.41, 5.74) is 3.52. The van der Waals surface area contributed by atoms with E-state index >= 15 is 0 Å². The van der Waals surface area contributed by atoms with Gasteiger partial charge in [0.25, 0.3) is 23.6 Å². The lowest BCUT2D eigenvalue weighted by atomic mass is 10.0. The minimum Gasteiger partial charge on any atom is -0.268 e. The molecule has 0 spiro atoms. The third-order valence-corrected chi connectivity index (χ3v) is 9.65. The van der Waals surface area contributed by atoms with E-state index in [1.807, 2.05) is 44.2 Å². The molecule has 214 valence electrons. The fourth-order valence-electron chi connectivity index (χ4n) is 4.72. The van der Waals surface area contributed by atoms with Gasteiger partial charge in [0.1, 0.15) is 11.1 Å². The Morgan fingerprint density at radius 1 is 0.571 bits per heavy atom. The number of nitrogens with zero attached hydrogens (tertiary/aromatic N) is 4. The molecule has 0 bridgehead atoms. The van der Waals surface area contributed by atoms with E-state index in [0.717, 1.165) is 50.9 Å². The quantitative estimate of drug-likeness (QED) is 0.318. The monoisotopic (exact) mass is 602 g/mol. The molecule has 2 aliphatic heterocycles. The van der Waals surface area contributed by atoms with Crippen LogP contribution in [0.4, 0.5) is 9.59 Å². The molecule has 2 fully saturated rings. The molecule has 0 N–H and O–H groups in total. The Hall–Kier alpha value is -4.68. The first-order valence-corrected chi connectivity index (χ1v) is 14.4. The molecule has 0 unspecified atom stereocenters. The van der Waals surface area contributed by atoms with E-state index in [1.165, 1.54) is 51.7 Å². The highest BCUT2D eigenvalue weighted by Crippen LogP contribution is 2.42. The number of hydrogen-bond acceptors (Lipinski definition) is 8. The molecule has 0 saturated carbocycles. The van der Waals surface area contributed by atoms with Crippen LogP contribution >= 0.6 is 22.7 Å². The number of urea groups is 2. The van der Waals surface area contributed by atoms with Crippen molar-refractivity contribution in [2.75, 3.05) is 28.2 Å². The lowest BCUT2D eigenvalue weighted by molar-refractivity contribution is -0.135. The number of benzene rings is 1. The van der Waals surface area contributed by atoms with Gasteiger partial charge in [0.15, 0.2) is 0 Å². The van der Waals surface area contributed by atoms with E-state index in [1.54, 1.807) is 11.3 Å². The Morgan fingerprint density at radius 3 is 1.62 bits per heavy atom. The Morgan fingerprint density at radius 2 is 1.10 bits per heavy atom. The van der Waals surface area contributed by atoms with Crippen molar-refractivity contribution < 1.29 is 28.8 Å². The van der Waals surface area contributed by atoms with Crippen molar-refractivity contribution in [2.45, 2.75) is 13.8 Å². The predicted molar refractivity (Wildman–Crippen MR) is 160 cm³/mol. The fourth-order valence-corrected chi connectivity index (χ4v) is 7.11. The number of amides is 8. The SMILES string of the molecule is Cc1cc(C=C2C(=O)N(C)C(=O)N(C)C2=O)ccc1-c1cc(C)c(-c2ccc(C=C3C(=O)N(C)C(=O)N(C)C3=O)s2)s1. The molecule has 12 heteroatoms. The summed E-state index contributed by atoms with van der Waals surface area (Å²) in [4.78, 5) is 81.8. The van der Waals surface area contributed by atoms with Crippen LogP contribution in [0.25, 0.3) is 32.3 Å². The molecule has 3 aromatic rings. The van der Waals surface area contributed by atoms with Crippen molar-refractivity contribution >= 4 is 70.5 Å². The average Bonchev–Trinajstić information content (AvgIpc) is 3.59. The first-order chi connectivity index (χ1) is 19.8. The first-order valence-electron chi connectivity index (χ1n) is 12.7. The first kappa shape index (κ1) is 28.8.